The van der Waals surface area contributed by atoms with E-state index in [1.54, 1.807) is 0 Å². The average molecular weight is 238 g/mol. The zero-order valence-electron chi connectivity index (χ0n) is 8.93. The Morgan fingerprint density at radius 3 is 2.31 bits per heavy atom. The molecule has 1 saturated heterocycles. The maximum Gasteiger partial charge on any atom is 0.186 e. The minimum absolute atomic E-state index is 0.0807. The molecule has 16 heavy (non-hydrogen) atoms. The molecule has 1 aliphatic heterocycles. The van der Waals surface area contributed by atoms with Crippen LogP contribution in [0, 0.1) is 0 Å². The third-order valence-corrected chi connectivity index (χ3v) is 2.35. The van der Waals surface area contributed by atoms with Crippen LogP contribution in [-0.4, -0.2) is 75.6 Å². The van der Waals surface area contributed by atoms with Crippen molar-refractivity contribution < 1.29 is 35.0 Å². The van der Waals surface area contributed by atoms with Gasteiger partial charge in [-0.25, -0.2) is 0 Å². The van der Waals surface area contributed by atoms with Gasteiger partial charge in [0, 0.05) is 0 Å². The number of hydrogen-bond donors (Lipinski definition) is 5. The van der Waals surface area contributed by atoms with E-state index in [0.29, 0.717) is 0 Å². The first kappa shape index (κ1) is 13.8. The van der Waals surface area contributed by atoms with Crippen molar-refractivity contribution in [2.45, 2.75) is 43.7 Å². The largest absolute Gasteiger partial charge is 0.394 e. The van der Waals surface area contributed by atoms with E-state index in [0.717, 1.165) is 0 Å². The van der Waals surface area contributed by atoms with E-state index in [1.165, 1.54) is 6.92 Å². The van der Waals surface area contributed by atoms with Gasteiger partial charge < -0.3 is 35.0 Å². The van der Waals surface area contributed by atoms with Crippen LogP contribution in [-0.2, 0) is 9.47 Å². The molecule has 1 rings (SSSR count). The van der Waals surface area contributed by atoms with Gasteiger partial charge in [0.25, 0.3) is 0 Å². The smallest absolute Gasteiger partial charge is 0.186 e. The van der Waals surface area contributed by atoms with E-state index < -0.39 is 43.4 Å². The van der Waals surface area contributed by atoms with Gasteiger partial charge in [-0.15, -0.1) is 0 Å². The number of rotatable bonds is 4. The number of aliphatic hydroxyl groups is 5. The van der Waals surface area contributed by atoms with Crippen molar-refractivity contribution in [3.63, 3.8) is 0 Å². The highest BCUT2D eigenvalue weighted by molar-refractivity contribution is 4.88. The second-order valence-electron chi connectivity index (χ2n) is 3.88. The first-order valence-electron chi connectivity index (χ1n) is 5.07. The van der Waals surface area contributed by atoms with Crippen molar-refractivity contribution in [2.24, 2.45) is 0 Å². The summed E-state index contributed by atoms with van der Waals surface area (Å²) < 4.78 is 10.0. The van der Waals surface area contributed by atoms with Crippen molar-refractivity contribution in [1.29, 1.82) is 0 Å². The van der Waals surface area contributed by atoms with E-state index in [2.05, 4.69) is 0 Å². The third-order valence-electron chi connectivity index (χ3n) is 2.35. The Balaban J connectivity index is 2.56. The topological polar surface area (TPSA) is 120 Å². The molecule has 0 bridgehead atoms. The molecule has 96 valence electrons. The molecule has 7 heteroatoms. The summed E-state index contributed by atoms with van der Waals surface area (Å²) in [4.78, 5) is 0. The molecule has 0 amide bonds. The van der Waals surface area contributed by atoms with Crippen LogP contribution in [0.25, 0.3) is 0 Å². The van der Waals surface area contributed by atoms with Crippen molar-refractivity contribution in [2.75, 3.05) is 13.2 Å². The molecular weight excluding hydrogens is 220 g/mol. The van der Waals surface area contributed by atoms with Crippen LogP contribution in [0.15, 0.2) is 0 Å². The molecule has 6 unspecified atom stereocenters. The monoisotopic (exact) mass is 238 g/mol. The Morgan fingerprint density at radius 1 is 1.19 bits per heavy atom. The van der Waals surface area contributed by atoms with Crippen LogP contribution in [0.5, 0.6) is 0 Å². The Hall–Kier alpha value is -0.280. The molecule has 0 aromatic rings. The summed E-state index contributed by atoms with van der Waals surface area (Å²) in [6.07, 6.45) is -7.18. The molecule has 0 aromatic heterocycles. The quantitative estimate of drug-likeness (QED) is 0.358. The van der Waals surface area contributed by atoms with Gasteiger partial charge in [0.2, 0.25) is 0 Å². The van der Waals surface area contributed by atoms with E-state index in [9.17, 15) is 15.3 Å². The average Bonchev–Trinajstić information content (AvgIpc) is 2.25. The fourth-order valence-electron chi connectivity index (χ4n) is 1.44. The summed E-state index contributed by atoms with van der Waals surface area (Å²) in [6.45, 7) is 0.909. The molecule has 0 spiro atoms. The van der Waals surface area contributed by atoms with E-state index in [-0.39, 0.29) is 6.61 Å². The highest BCUT2D eigenvalue weighted by Gasteiger charge is 2.43. The van der Waals surface area contributed by atoms with Crippen LogP contribution >= 0.6 is 0 Å². The van der Waals surface area contributed by atoms with Crippen molar-refractivity contribution in [1.82, 2.24) is 0 Å². The molecule has 7 nitrogen and oxygen atoms in total. The molecule has 1 fully saturated rings. The Kier molecular flexibility index (Phi) is 5.06. The fourth-order valence-corrected chi connectivity index (χ4v) is 1.44. The van der Waals surface area contributed by atoms with E-state index >= 15 is 0 Å². The lowest BCUT2D eigenvalue weighted by molar-refractivity contribution is -0.304. The molecule has 0 radical (unpaired) electrons. The predicted octanol–water partition coefficient (Wildman–Crippen LogP) is -2.82. The summed E-state index contributed by atoms with van der Waals surface area (Å²) in [5.41, 5.74) is 0. The van der Waals surface area contributed by atoms with E-state index in [4.69, 9.17) is 19.7 Å². The normalized spacial score (nSPS) is 42.0. The minimum atomic E-state index is -1.45. The van der Waals surface area contributed by atoms with Gasteiger partial charge in [-0.05, 0) is 6.92 Å². The van der Waals surface area contributed by atoms with Gasteiger partial charge in [-0.1, -0.05) is 0 Å². The number of aliphatic hydroxyl groups excluding tert-OH is 5. The van der Waals surface area contributed by atoms with Gasteiger partial charge in [0.1, 0.15) is 24.4 Å². The SMILES string of the molecule is CC(O)COC1OC(CO)C(O)C(O)C1O. The van der Waals surface area contributed by atoms with E-state index in [1.807, 2.05) is 0 Å². The zero-order valence-corrected chi connectivity index (χ0v) is 8.93. The van der Waals surface area contributed by atoms with Gasteiger partial charge in [-0.2, -0.15) is 0 Å². The molecular formula is C9H18O7. The fraction of sp³-hybridized carbons (Fsp3) is 1.00. The maximum absolute atomic E-state index is 9.51. The van der Waals surface area contributed by atoms with Crippen molar-refractivity contribution >= 4 is 0 Å². The van der Waals surface area contributed by atoms with Crippen molar-refractivity contribution in [3.05, 3.63) is 0 Å². The standard InChI is InChI=1S/C9H18O7/c1-4(11)3-15-9-8(14)7(13)6(12)5(2-10)16-9/h4-14H,2-3H2,1H3. The van der Waals surface area contributed by atoms with Crippen LogP contribution in [0.3, 0.4) is 0 Å². The maximum atomic E-state index is 9.51. The van der Waals surface area contributed by atoms with Gasteiger partial charge in [0.15, 0.2) is 6.29 Å². The van der Waals surface area contributed by atoms with Gasteiger partial charge in [-0.3, -0.25) is 0 Å². The highest BCUT2D eigenvalue weighted by Crippen LogP contribution is 2.21. The first-order chi connectivity index (χ1) is 7.47. The number of hydrogen-bond acceptors (Lipinski definition) is 7. The second-order valence-corrected chi connectivity index (χ2v) is 3.88. The summed E-state index contributed by atoms with van der Waals surface area (Å²) in [7, 11) is 0. The summed E-state index contributed by atoms with van der Waals surface area (Å²) in [5.74, 6) is 0. The Labute approximate surface area is 92.9 Å². The molecule has 0 aliphatic carbocycles. The molecule has 1 heterocycles. The lowest BCUT2D eigenvalue weighted by Gasteiger charge is -2.39. The van der Waals surface area contributed by atoms with Gasteiger partial charge >= 0.3 is 0 Å². The molecule has 6 atom stereocenters. The van der Waals surface area contributed by atoms with Crippen LogP contribution in [0.4, 0.5) is 0 Å². The summed E-state index contributed by atoms with van der Waals surface area (Å²) in [5, 5.41) is 46.2. The molecule has 0 aromatic carbocycles. The van der Waals surface area contributed by atoms with Crippen LogP contribution in [0.2, 0.25) is 0 Å². The third kappa shape index (κ3) is 3.11. The zero-order chi connectivity index (χ0) is 12.3. The van der Waals surface area contributed by atoms with Crippen molar-refractivity contribution in [3.8, 4) is 0 Å². The first-order valence-corrected chi connectivity index (χ1v) is 5.07. The molecule has 0 saturated carbocycles. The highest BCUT2D eigenvalue weighted by atomic mass is 16.7. The van der Waals surface area contributed by atoms with Crippen LogP contribution < -0.4 is 0 Å². The van der Waals surface area contributed by atoms with Crippen LogP contribution in [0.1, 0.15) is 6.92 Å². The number of ether oxygens (including phenoxy) is 2. The van der Waals surface area contributed by atoms with Gasteiger partial charge in [0.05, 0.1) is 19.3 Å². The summed E-state index contributed by atoms with van der Waals surface area (Å²) >= 11 is 0. The molecule has 5 N–H and O–H groups in total. The predicted molar refractivity (Wildman–Crippen MR) is 51.4 cm³/mol. The Morgan fingerprint density at radius 2 is 1.81 bits per heavy atom. The lowest BCUT2D eigenvalue weighted by atomic mass is 9.99. The lowest BCUT2D eigenvalue weighted by Crippen LogP contribution is -2.59. The minimum Gasteiger partial charge on any atom is -0.394 e. The summed E-state index contributed by atoms with van der Waals surface area (Å²) in [6, 6.07) is 0. The molecule has 1 aliphatic rings. The second kappa shape index (κ2) is 5.87. The Bertz CT molecular complexity index is 208.